The Balaban J connectivity index is 2.28. The molecule has 4 heteroatoms. The van der Waals surface area contributed by atoms with E-state index in [4.69, 9.17) is 16.3 Å². The van der Waals surface area contributed by atoms with Gasteiger partial charge in [-0.2, -0.15) is 0 Å². The van der Waals surface area contributed by atoms with E-state index in [1.165, 1.54) is 6.07 Å². The Morgan fingerprint density at radius 3 is 2.17 bits per heavy atom. The fourth-order valence-electron chi connectivity index (χ4n) is 1.56. The van der Waals surface area contributed by atoms with Gasteiger partial charge in [0.15, 0.2) is 23.0 Å². The van der Waals surface area contributed by atoms with Crippen molar-refractivity contribution in [1.29, 1.82) is 0 Å². The third-order valence-electron chi connectivity index (χ3n) is 2.57. The number of hydrogen-bond acceptors (Lipinski definition) is 3. The SMILES string of the molecule is CCc1ccc(Oc2ccc(Cl)cc2O)c(O)c1. The van der Waals surface area contributed by atoms with Crippen molar-refractivity contribution >= 4 is 11.6 Å². The molecule has 0 heterocycles. The second kappa shape index (κ2) is 5.19. The van der Waals surface area contributed by atoms with Gasteiger partial charge in [-0.25, -0.2) is 0 Å². The van der Waals surface area contributed by atoms with Crippen molar-refractivity contribution < 1.29 is 14.9 Å². The van der Waals surface area contributed by atoms with Crippen molar-refractivity contribution in [3.8, 4) is 23.0 Å². The average Bonchev–Trinajstić information content (AvgIpc) is 2.34. The molecule has 2 N–H and O–H groups in total. The van der Waals surface area contributed by atoms with Crippen LogP contribution in [0.2, 0.25) is 5.02 Å². The Morgan fingerprint density at radius 2 is 1.61 bits per heavy atom. The number of halogens is 1. The monoisotopic (exact) mass is 264 g/mol. The molecule has 0 atom stereocenters. The summed E-state index contributed by atoms with van der Waals surface area (Å²) in [4.78, 5) is 0. The molecule has 2 aromatic carbocycles. The third-order valence-corrected chi connectivity index (χ3v) is 2.81. The van der Waals surface area contributed by atoms with E-state index in [9.17, 15) is 10.2 Å². The maximum atomic E-state index is 9.80. The van der Waals surface area contributed by atoms with Gasteiger partial charge in [-0.05, 0) is 36.2 Å². The normalized spacial score (nSPS) is 10.3. The summed E-state index contributed by atoms with van der Waals surface area (Å²) in [5, 5.41) is 19.9. The number of aromatic hydroxyl groups is 2. The standard InChI is InChI=1S/C14H13ClO3/c1-2-9-3-5-13(11(16)7-9)18-14-6-4-10(15)8-12(14)17/h3-8,16-17H,2H2,1H3. The van der Waals surface area contributed by atoms with Gasteiger partial charge >= 0.3 is 0 Å². The predicted molar refractivity (Wildman–Crippen MR) is 70.7 cm³/mol. The lowest BCUT2D eigenvalue weighted by Gasteiger charge is -2.10. The van der Waals surface area contributed by atoms with Gasteiger partial charge in [0.05, 0.1) is 0 Å². The molecule has 0 saturated carbocycles. The fourth-order valence-corrected chi connectivity index (χ4v) is 1.73. The fraction of sp³-hybridized carbons (Fsp3) is 0.143. The second-order valence-corrected chi connectivity index (χ2v) is 4.31. The molecule has 2 aromatic rings. The number of rotatable bonds is 3. The summed E-state index contributed by atoms with van der Waals surface area (Å²) >= 11 is 5.73. The van der Waals surface area contributed by atoms with E-state index in [1.54, 1.807) is 24.3 Å². The highest BCUT2D eigenvalue weighted by atomic mass is 35.5. The summed E-state index contributed by atoms with van der Waals surface area (Å²) < 4.78 is 5.44. The van der Waals surface area contributed by atoms with Crippen LogP contribution in [-0.4, -0.2) is 10.2 Å². The van der Waals surface area contributed by atoms with Crippen LogP contribution in [0.3, 0.4) is 0 Å². The highest BCUT2D eigenvalue weighted by Gasteiger charge is 2.08. The summed E-state index contributed by atoms with van der Waals surface area (Å²) in [5.74, 6) is 0.522. The smallest absolute Gasteiger partial charge is 0.169 e. The Morgan fingerprint density at radius 1 is 1.00 bits per heavy atom. The largest absolute Gasteiger partial charge is 0.504 e. The molecule has 0 unspecified atom stereocenters. The zero-order chi connectivity index (χ0) is 13.1. The molecule has 0 aliphatic heterocycles. The number of ether oxygens (including phenoxy) is 1. The summed E-state index contributed by atoms with van der Waals surface area (Å²) in [7, 11) is 0. The van der Waals surface area contributed by atoms with Gasteiger partial charge < -0.3 is 14.9 Å². The minimum atomic E-state index is -0.0681. The van der Waals surface area contributed by atoms with E-state index in [-0.39, 0.29) is 17.2 Å². The Hall–Kier alpha value is -1.87. The van der Waals surface area contributed by atoms with Crippen LogP contribution in [-0.2, 0) is 6.42 Å². The maximum Gasteiger partial charge on any atom is 0.169 e. The van der Waals surface area contributed by atoms with E-state index in [0.717, 1.165) is 12.0 Å². The molecule has 0 aromatic heterocycles. The number of aryl methyl sites for hydroxylation is 1. The van der Waals surface area contributed by atoms with Crippen LogP contribution in [0.25, 0.3) is 0 Å². The van der Waals surface area contributed by atoms with Crippen molar-refractivity contribution in [2.75, 3.05) is 0 Å². The molecule has 94 valence electrons. The van der Waals surface area contributed by atoms with Gasteiger partial charge in [-0.3, -0.25) is 0 Å². The first-order chi connectivity index (χ1) is 8.60. The minimum Gasteiger partial charge on any atom is -0.504 e. The van der Waals surface area contributed by atoms with Gasteiger partial charge in [0.2, 0.25) is 0 Å². The number of benzene rings is 2. The molecular weight excluding hydrogens is 252 g/mol. The molecule has 2 rings (SSSR count). The van der Waals surface area contributed by atoms with E-state index < -0.39 is 0 Å². The van der Waals surface area contributed by atoms with Crippen LogP contribution < -0.4 is 4.74 Å². The van der Waals surface area contributed by atoms with Crippen LogP contribution in [0.5, 0.6) is 23.0 Å². The number of phenolic OH excluding ortho intramolecular Hbond substituents is 2. The molecule has 0 bridgehead atoms. The molecule has 0 aliphatic carbocycles. The quantitative estimate of drug-likeness (QED) is 0.877. The Labute approximate surface area is 110 Å². The Bertz CT molecular complexity index is 567. The lowest BCUT2D eigenvalue weighted by molar-refractivity contribution is 0.385. The van der Waals surface area contributed by atoms with Gasteiger partial charge in [-0.1, -0.05) is 24.6 Å². The van der Waals surface area contributed by atoms with E-state index in [0.29, 0.717) is 10.8 Å². The van der Waals surface area contributed by atoms with Gasteiger partial charge in [0, 0.05) is 11.1 Å². The van der Waals surface area contributed by atoms with Crippen LogP contribution in [0.1, 0.15) is 12.5 Å². The molecule has 0 fully saturated rings. The van der Waals surface area contributed by atoms with Gasteiger partial charge in [0.25, 0.3) is 0 Å². The first-order valence-corrected chi connectivity index (χ1v) is 5.96. The van der Waals surface area contributed by atoms with Gasteiger partial charge in [-0.15, -0.1) is 0 Å². The first kappa shape index (κ1) is 12.6. The number of phenols is 2. The molecule has 0 aliphatic rings. The van der Waals surface area contributed by atoms with Crippen LogP contribution in [0.15, 0.2) is 36.4 Å². The molecule has 0 radical (unpaired) electrons. The zero-order valence-corrected chi connectivity index (χ0v) is 10.6. The minimum absolute atomic E-state index is 0.0451. The van der Waals surface area contributed by atoms with Crippen LogP contribution >= 0.6 is 11.6 Å². The maximum absolute atomic E-state index is 9.80. The van der Waals surface area contributed by atoms with Crippen LogP contribution in [0.4, 0.5) is 0 Å². The summed E-state index contributed by atoms with van der Waals surface area (Å²) in [5.41, 5.74) is 1.01. The highest BCUT2D eigenvalue weighted by Crippen LogP contribution is 2.36. The lowest BCUT2D eigenvalue weighted by atomic mass is 10.1. The van der Waals surface area contributed by atoms with Crippen molar-refractivity contribution in [3.05, 3.63) is 47.0 Å². The topological polar surface area (TPSA) is 49.7 Å². The zero-order valence-electron chi connectivity index (χ0n) is 9.85. The van der Waals surface area contributed by atoms with Crippen LogP contribution in [0, 0.1) is 0 Å². The second-order valence-electron chi connectivity index (χ2n) is 3.87. The van der Waals surface area contributed by atoms with E-state index >= 15 is 0 Å². The lowest BCUT2D eigenvalue weighted by Crippen LogP contribution is -1.87. The summed E-state index contributed by atoms with van der Waals surface area (Å²) in [6.07, 6.45) is 0.833. The third kappa shape index (κ3) is 2.68. The van der Waals surface area contributed by atoms with E-state index in [2.05, 4.69) is 0 Å². The van der Waals surface area contributed by atoms with Gasteiger partial charge in [0.1, 0.15) is 0 Å². The van der Waals surface area contributed by atoms with Crippen molar-refractivity contribution in [1.82, 2.24) is 0 Å². The average molecular weight is 265 g/mol. The Kier molecular flexibility index (Phi) is 3.63. The van der Waals surface area contributed by atoms with Crippen molar-refractivity contribution in [2.45, 2.75) is 13.3 Å². The molecule has 18 heavy (non-hydrogen) atoms. The highest BCUT2D eigenvalue weighted by molar-refractivity contribution is 6.30. The van der Waals surface area contributed by atoms with Crippen molar-refractivity contribution in [2.24, 2.45) is 0 Å². The molecular formula is C14H13ClO3. The number of hydrogen-bond donors (Lipinski definition) is 2. The molecule has 0 spiro atoms. The van der Waals surface area contributed by atoms with E-state index in [1.807, 2.05) is 13.0 Å². The summed E-state index contributed by atoms with van der Waals surface area (Å²) in [6.45, 7) is 2.00. The molecule has 3 nitrogen and oxygen atoms in total. The van der Waals surface area contributed by atoms with Crippen molar-refractivity contribution in [3.63, 3.8) is 0 Å². The summed E-state index contributed by atoms with van der Waals surface area (Å²) in [6, 6.07) is 9.71. The first-order valence-electron chi connectivity index (χ1n) is 5.58. The predicted octanol–water partition coefficient (Wildman–Crippen LogP) is 4.11. The molecule has 0 amide bonds. The molecule has 0 saturated heterocycles.